The van der Waals surface area contributed by atoms with Crippen molar-refractivity contribution in [2.45, 2.75) is 90.9 Å². The van der Waals surface area contributed by atoms with Crippen molar-refractivity contribution >= 4 is 46.7 Å². The van der Waals surface area contributed by atoms with Gasteiger partial charge in [0.1, 0.15) is 24.1 Å². The summed E-state index contributed by atoms with van der Waals surface area (Å²) in [6, 6.07) is 49.0. The Balaban J connectivity index is 1.18. The quantitative estimate of drug-likeness (QED) is 0.0424. The fourth-order valence-corrected chi connectivity index (χ4v) is 7.43. The predicted molar refractivity (Wildman–Crippen MR) is 250 cm³/mol. The minimum Gasteiger partial charge on any atom is -0.494 e. The van der Waals surface area contributed by atoms with Gasteiger partial charge < -0.3 is 19.3 Å². The lowest BCUT2D eigenvalue weighted by atomic mass is 10.0. The molecule has 0 saturated heterocycles. The molecule has 6 heteroatoms. The molecule has 0 heterocycles. The van der Waals surface area contributed by atoms with E-state index in [-0.39, 0.29) is 0 Å². The molecule has 0 bridgehead atoms. The lowest BCUT2D eigenvalue weighted by Gasteiger charge is -2.26. The van der Waals surface area contributed by atoms with Gasteiger partial charge in [0.25, 0.3) is 0 Å². The summed E-state index contributed by atoms with van der Waals surface area (Å²) in [6.45, 7) is 5.93. The van der Waals surface area contributed by atoms with Crippen LogP contribution >= 0.6 is 0 Å². The SMILES string of the molecule is CCCCCCCCOc1ccc(N(c2ccc(C=O)cc2)c2ccc(-c3ccc(N(c4ccc(C=O)cc4)c4ccc(OCCCCCCCC)cc4)cc3)cc2)cc1. The third-order valence-electron chi connectivity index (χ3n) is 10.9. The van der Waals surface area contributed by atoms with Crippen molar-refractivity contribution in [2.75, 3.05) is 23.0 Å². The van der Waals surface area contributed by atoms with Crippen LogP contribution in [0, 0.1) is 0 Å². The van der Waals surface area contributed by atoms with Gasteiger partial charge in [0, 0.05) is 45.3 Å². The zero-order valence-corrected chi connectivity index (χ0v) is 35.4. The maximum atomic E-state index is 11.5. The molecule has 6 rings (SSSR count). The van der Waals surface area contributed by atoms with E-state index in [1.165, 1.54) is 64.2 Å². The molecule has 6 nitrogen and oxygen atoms in total. The highest BCUT2D eigenvalue weighted by molar-refractivity contribution is 5.83. The van der Waals surface area contributed by atoms with Gasteiger partial charge in [-0.25, -0.2) is 0 Å². The molecule has 0 aliphatic rings. The van der Waals surface area contributed by atoms with Gasteiger partial charge >= 0.3 is 0 Å². The van der Waals surface area contributed by atoms with Crippen molar-refractivity contribution in [2.24, 2.45) is 0 Å². The first-order chi connectivity index (χ1) is 29.6. The lowest BCUT2D eigenvalue weighted by molar-refractivity contribution is 0.111. The van der Waals surface area contributed by atoms with Gasteiger partial charge in [0.05, 0.1) is 13.2 Å². The van der Waals surface area contributed by atoms with Crippen molar-refractivity contribution in [1.29, 1.82) is 0 Å². The van der Waals surface area contributed by atoms with Crippen LogP contribution in [0.5, 0.6) is 11.5 Å². The zero-order valence-electron chi connectivity index (χ0n) is 35.4. The molecule has 0 unspecified atom stereocenters. The number of aldehydes is 2. The van der Waals surface area contributed by atoms with E-state index >= 15 is 0 Å². The Morgan fingerprint density at radius 2 is 0.617 bits per heavy atom. The summed E-state index contributed by atoms with van der Waals surface area (Å²) in [5, 5.41) is 0. The third-order valence-corrected chi connectivity index (χ3v) is 10.9. The number of rotatable bonds is 25. The number of carbonyl (C=O) groups is 2. The summed E-state index contributed by atoms with van der Waals surface area (Å²) in [6.07, 6.45) is 16.5. The highest BCUT2D eigenvalue weighted by atomic mass is 16.5. The van der Waals surface area contributed by atoms with Gasteiger partial charge in [-0.15, -0.1) is 0 Å². The number of nitrogens with zero attached hydrogens (tertiary/aromatic N) is 2. The van der Waals surface area contributed by atoms with E-state index in [0.717, 1.165) is 95.4 Å². The molecule has 0 fully saturated rings. The molecular formula is C54H60N2O4. The Hall–Kier alpha value is -6.14. The molecule has 0 aromatic heterocycles. The van der Waals surface area contributed by atoms with E-state index in [4.69, 9.17) is 9.47 Å². The Labute approximate surface area is 357 Å². The molecule has 0 aliphatic carbocycles. The number of anilines is 6. The average molecular weight is 801 g/mol. The van der Waals surface area contributed by atoms with E-state index in [1.54, 1.807) is 0 Å². The lowest BCUT2D eigenvalue weighted by Crippen LogP contribution is -2.10. The number of unbranched alkanes of at least 4 members (excludes halogenated alkanes) is 10. The van der Waals surface area contributed by atoms with Crippen molar-refractivity contribution in [3.8, 4) is 22.6 Å². The minimum absolute atomic E-state index is 0.636. The van der Waals surface area contributed by atoms with Gasteiger partial charge in [-0.2, -0.15) is 0 Å². The molecule has 0 atom stereocenters. The van der Waals surface area contributed by atoms with Crippen LogP contribution < -0.4 is 19.3 Å². The second kappa shape index (κ2) is 23.5. The van der Waals surface area contributed by atoms with E-state index in [1.807, 2.05) is 72.8 Å². The summed E-state index contributed by atoms with van der Waals surface area (Å²) in [7, 11) is 0. The van der Waals surface area contributed by atoms with Crippen LogP contribution in [0.25, 0.3) is 11.1 Å². The van der Waals surface area contributed by atoms with E-state index < -0.39 is 0 Å². The molecule has 0 aliphatic heterocycles. The Bertz CT molecular complexity index is 1990. The Kier molecular flexibility index (Phi) is 17.0. The van der Waals surface area contributed by atoms with Crippen LogP contribution in [0.3, 0.4) is 0 Å². The number of carbonyl (C=O) groups excluding carboxylic acids is 2. The first-order valence-electron chi connectivity index (χ1n) is 22.0. The van der Waals surface area contributed by atoms with Crippen molar-refractivity contribution < 1.29 is 19.1 Å². The summed E-state index contributed by atoms with van der Waals surface area (Å²) < 4.78 is 12.2. The largest absolute Gasteiger partial charge is 0.494 e. The average Bonchev–Trinajstić information content (AvgIpc) is 3.30. The highest BCUT2D eigenvalue weighted by Gasteiger charge is 2.16. The fourth-order valence-electron chi connectivity index (χ4n) is 7.43. The standard InChI is InChI=1S/C54H60N2O4/c1-3-5-7-9-11-13-39-59-53-35-31-51(32-36-53)55(47-23-15-43(41-57)16-24-47)49-27-19-45(20-28-49)46-21-29-50(30-22-46)56(48-25-17-44(42-58)18-26-48)52-33-37-54(38-34-52)60-40-14-12-10-8-6-4-2/h15-38,41-42H,3-14,39-40H2,1-2H3. The van der Waals surface area contributed by atoms with Crippen LogP contribution in [0.4, 0.5) is 34.1 Å². The summed E-state index contributed by atoms with van der Waals surface area (Å²) in [4.78, 5) is 27.3. The first-order valence-corrected chi connectivity index (χ1v) is 22.0. The molecule has 0 amide bonds. The molecule has 6 aromatic rings. The highest BCUT2D eigenvalue weighted by Crippen LogP contribution is 2.39. The number of hydrogen-bond donors (Lipinski definition) is 0. The maximum absolute atomic E-state index is 11.5. The Morgan fingerprint density at radius 3 is 0.917 bits per heavy atom. The first kappa shape index (κ1) is 43.4. The van der Waals surface area contributed by atoms with Crippen molar-refractivity contribution in [3.63, 3.8) is 0 Å². The topological polar surface area (TPSA) is 59.1 Å². The zero-order chi connectivity index (χ0) is 41.8. The number of hydrogen-bond acceptors (Lipinski definition) is 6. The summed E-state index contributed by atoms with van der Waals surface area (Å²) >= 11 is 0. The van der Waals surface area contributed by atoms with E-state index in [9.17, 15) is 9.59 Å². The molecule has 0 N–H and O–H groups in total. The third kappa shape index (κ3) is 12.4. The normalized spacial score (nSPS) is 10.9. The molecule has 0 spiro atoms. The molecule has 0 saturated carbocycles. The monoisotopic (exact) mass is 800 g/mol. The van der Waals surface area contributed by atoms with E-state index in [0.29, 0.717) is 11.1 Å². The number of benzene rings is 6. The van der Waals surface area contributed by atoms with Crippen LogP contribution in [0.2, 0.25) is 0 Å². The van der Waals surface area contributed by atoms with Gasteiger partial charge in [-0.3, -0.25) is 9.59 Å². The number of ether oxygens (including phenoxy) is 2. The van der Waals surface area contributed by atoms with Crippen LogP contribution in [-0.2, 0) is 0 Å². The summed E-state index contributed by atoms with van der Waals surface area (Å²) in [5.41, 5.74) is 9.36. The molecule has 6 aromatic carbocycles. The molecule has 60 heavy (non-hydrogen) atoms. The van der Waals surface area contributed by atoms with Crippen molar-refractivity contribution in [3.05, 3.63) is 157 Å². The van der Waals surface area contributed by atoms with E-state index in [2.05, 4.69) is 96.4 Å². The Morgan fingerprint density at radius 1 is 0.350 bits per heavy atom. The summed E-state index contributed by atoms with van der Waals surface area (Å²) in [5.74, 6) is 1.73. The smallest absolute Gasteiger partial charge is 0.150 e. The van der Waals surface area contributed by atoms with Gasteiger partial charge in [-0.1, -0.05) is 102 Å². The predicted octanol–water partition coefficient (Wildman–Crippen LogP) is 15.4. The van der Waals surface area contributed by atoms with Crippen LogP contribution in [-0.4, -0.2) is 25.8 Å². The van der Waals surface area contributed by atoms with Crippen LogP contribution in [0.15, 0.2) is 146 Å². The van der Waals surface area contributed by atoms with Gasteiger partial charge in [-0.05, 0) is 145 Å². The molecular weight excluding hydrogens is 741 g/mol. The maximum Gasteiger partial charge on any atom is 0.150 e. The molecule has 310 valence electrons. The molecule has 0 radical (unpaired) electrons. The van der Waals surface area contributed by atoms with Gasteiger partial charge in [0.15, 0.2) is 0 Å². The van der Waals surface area contributed by atoms with Crippen LogP contribution in [0.1, 0.15) is 112 Å². The van der Waals surface area contributed by atoms with Crippen molar-refractivity contribution in [1.82, 2.24) is 0 Å². The second-order valence-corrected chi connectivity index (χ2v) is 15.4. The minimum atomic E-state index is 0.636. The fraction of sp³-hybridized carbons (Fsp3) is 0.296. The van der Waals surface area contributed by atoms with Gasteiger partial charge in [0.2, 0.25) is 0 Å². The second-order valence-electron chi connectivity index (χ2n) is 15.4.